The van der Waals surface area contributed by atoms with E-state index in [2.05, 4.69) is 54.7 Å². The number of fused-ring (bicyclic) bond motifs is 1. The molecule has 0 atom stereocenters. The van der Waals surface area contributed by atoms with E-state index in [0.29, 0.717) is 0 Å². The average Bonchev–Trinajstić information content (AvgIpc) is 2.27. The Bertz CT molecular complexity index is 583. The lowest BCUT2D eigenvalue weighted by Crippen LogP contribution is -1.99. The molecule has 0 amide bonds. The molecule has 0 saturated heterocycles. The van der Waals surface area contributed by atoms with Crippen LogP contribution in [0, 0.1) is 17.3 Å². The first-order chi connectivity index (χ1) is 8.04. The van der Waals surface area contributed by atoms with Crippen LogP contribution in [0.15, 0.2) is 30.6 Å². The van der Waals surface area contributed by atoms with Crippen molar-refractivity contribution in [1.29, 1.82) is 0 Å². The first-order valence-corrected chi connectivity index (χ1v) is 5.74. The maximum atomic E-state index is 4.29. The predicted molar refractivity (Wildman–Crippen MR) is 70.5 cm³/mol. The van der Waals surface area contributed by atoms with Gasteiger partial charge in [0, 0.05) is 24.2 Å². The van der Waals surface area contributed by atoms with Gasteiger partial charge in [-0.2, -0.15) is 0 Å². The van der Waals surface area contributed by atoms with Crippen LogP contribution in [0.3, 0.4) is 0 Å². The molecule has 0 bridgehead atoms. The Morgan fingerprint density at radius 3 is 2.47 bits per heavy atom. The topological polar surface area (TPSA) is 25.8 Å². The lowest BCUT2D eigenvalue weighted by atomic mass is 9.97. The molecule has 0 unspecified atom stereocenters. The van der Waals surface area contributed by atoms with Crippen LogP contribution in [0.2, 0.25) is 0 Å². The number of rotatable bonds is 1. The zero-order chi connectivity index (χ0) is 12.3. The number of aromatic nitrogens is 2. The summed E-state index contributed by atoms with van der Waals surface area (Å²) in [4.78, 5) is 8.53. The summed E-state index contributed by atoms with van der Waals surface area (Å²) in [5, 5.41) is 0. The third kappa shape index (κ3) is 3.29. The van der Waals surface area contributed by atoms with Crippen LogP contribution in [0.1, 0.15) is 26.3 Å². The van der Waals surface area contributed by atoms with Crippen molar-refractivity contribution < 1.29 is 0 Å². The lowest BCUT2D eigenvalue weighted by molar-refractivity contribution is 0.570. The van der Waals surface area contributed by atoms with Gasteiger partial charge in [-0.15, -0.1) is 0 Å². The van der Waals surface area contributed by atoms with Crippen LogP contribution in [-0.4, -0.2) is 9.97 Å². The second kappa shape index (κ2) is 4.55. The van der Waals surface area contributed by atoms with E-state index in [-0.39, 0.29) is 5.41 Å². The predicted octanol–water partition coefficient (Wildman–Crippen LogP) is 3.22. The number of hydrogen-bond acceptors (Lipinski definition) is 2. The SMILES string of the molecule is CC(C)(C)C#CCc1ccc2nccnc2c1. The highest BCUT2D eigenvalue weighted by atomic mass is 14.8. The summed E-state index contributed by atoms with van der Waals surface area (Å²) in [5.41, 5.74) is 3.12. The molecule has 0 aliphatic rings. The third-order valence-electron chi connectivity index (χ3n) is 2.29. The minimum atomic E-state index is 0.0661. The number of hydrogen-bond donors (Lipinski definition) is 0. The highest BCUT2D eigenvalue weighted by Gasteiger charge is 2.03. The Kier molecular flexibility index (Phi) is 3.10. The summed E-state index contributed by atoms with van der Waals surface area (Å²) >= 11 is 0. The number of nitrogens with zero attached hydrogens (tertiary/aromatic N) is 2. The van der Waals surface area contributed by atoms with E-state index in [1.165, 1.54) is 5.56 Å². The second-order valence-electron chi connectivity index (χ2n) is 5.11. The van der Waals surface area contributed by atoms with E-state index in [9.17, 15) is 0 Å². The van der Waals surface area contributed by atoms with Gasteiger partial charge >= 0.3 is 0 Å². The quantitative estimate of drug-likeness (QED) is 0.695. The summed E-state index contributed by atoms with van der Waals surface area (Å²) in [7, 11) is 0. The normalized spacial score (nSPS) is 11.0. The van der Waals surface area contributed by atoms with Crippen molar-refractivity contribution in [2.45, 2.75) is 27.2 Å². The van der Waals surface area contributed by atoms with E-state index >= 15 is 0 Å². The molecule has 1 aromatic carbocycles. The van der Waals surface area contributed by atoms with Crippen molar-refractivity contribution >= 4 is 11.0 Å². The number of benzene rings is 1. The third-order valence-corrected chi connectivity index (χ3v) is 2.29. The molecule has 2 rings (SSSR count). The van der Waals surface area contributed by atoms with E-state index in [0.717, 1.165) is 17.5 Å². The van der Waals surface area contributed by atoms with Crippen LogP contribution in [-0.2, 0) is 6.42 Å². The highest BCUT2D eigenvalue weighted by Crippen LogP contribution is 2.12. The first-order valence-electron chi connectivity index (χ1n) is 5.74. The van der Waals surface area contributed by atoms with Crippen molar-refractivity contribution in [3.05, 3.63) is 36.2 Å². The van der Waals surface area contributed by atoms with Crippen molar-refractivity contribution in [3.8, 4) is 11.8 Å². The molecule has 0 aliphatic carbocycles. The van der Waals surface area contributed by atoms with Gasteiger partial charge in [-0.1, -0.05) is 17.9 Å². The summed E-state index contributed by atoms with van der Waals surface area (Å²) < 4.78 is 0. The van der Waals surface area contributed by atoms with Crippen molar-refractivity contribution in [1.82, 2.24) is 9.97 Å². The summed E-state index contributed by atoms with van der Waals surface area (Å²) in [6.07, 6.45) is 4.19. The van der Waals surface area contributed by atoms with Gasteiger partial charge < -0.3 is 0 Å². The zero-order valence-corrected chi connectivity index (χ0v) is 10.5. The van der Waals surface area contributed by atoms with Gasteiger partial charge in [0.25, 0.3) is 0 Å². The zero-order valence-electron chi connectivity index (χ0n) is 10.5. The van der Waals surface area contributed by atoms with Gasteiger partial charge in [0.1, 0.15) is 0 Å². The summed E-state index contributed by atoms with van der Waals surface area (Å²) in [6, 6.07) is 6.12. The molecule has 1 heterocycles. The monoisotopic (exact) mass is 224 g/mol. The van der Waals surface area contributed by atoms with E-state index in [1.54, 1.807) is 12.4 Å². The molecule has 17 heavy (non-hydrogen) atoms. The Balaban J connectivity index is 2.22. The summed E-state index contributed by atoms with van der Waals surface area (Å²) in [6.45, 7) is 6.35. The molecule has 2 heteroatoms. The van der Waals surface area contributed by atoms with E-state index in [4.69, 9.17) is 0 Å². The molecule has 2 aromatic rings. The van der Waals surface area contributed by atoms with Crippen LogP contribution >= 0.6 is 0 Å². The molecule has 2 nitrogen and oxygen atoms in total. The van der Waals surface area contributed by atoms with E-state index < -0.39 is 0 Å². The molecule has 0 N–H and O–H groups in total. The Hall–Kier alpha value is -1.88. The molecule has 0 aliphatic heterocycles. The minimum Gasteiger partial charge on any atom is -0.253 e. The Labute approximate surface area is 102 Å². The van der Waals surface area contributed by atoms with Gasteiger partial charge in [-0.3, -0.25) is 9.97 Å². The van der Waals surface area contributed by atoms with Gasteiger partial charge in [-0.05, 0) is 38.5 Å². The van der Waals surface area contributed by atoms with E-state index in [1.807, 2.05) is 6.07 Å². The highest BCUT2D eigenvalue weighted by molar-refractivity contribution is 5.74. The lowest BCUT2D eigenvalue weighted by Gasteiger charge is -2.06. The maximum absolute atomic E-state index is 4.29. The molecular weight excluding hydrogens is 208 g/mol. The molecule has 0 radical (unpaired) electrons. The molecule has 86 valence electrons. The Morgan fingerprint density at radius 2 is 1.76 bits per heavy atom. The fourth-order valence-electron chi connectivity index (χ4n) is 1.53. The van der Waals surface area contributed by atoms with Gasteiger partial charge in [0.15, 0.2) is 0 Å². The average molecular weight is 224 g/mol. The molecule has 0 saturated carbocycles. The van der Waals surface area contributed by atoms with Crippen LogP contribution in [0.5, 0.6) is 0 Å². The smallest absolute Gasteiger partial charge is 0.0889 e. The Morgan fingerprint density at radius 1 is 1.06 bits per heavy atom. The van der Waals surface area contributed by atoms with Crippen LogP contribution < -0.4 is 0 Å². The van der Waals surface area contributed by atoms with Crippen molar-refractivity contribution in [3.63, 3.8) is 0 Å². The first kappa shape index (κ1) is 11.6. The molecular formula is C15H16N2. The van der Waals surface area contributed by atoms with Crippen LogP contribution in [0.4, 0.5) is 0 Å². The second-order valence-corrected chi connectivity index (χ2v) is 5.11. The summed E-state index contributed by atoms with van der Waals surface area (Å²) in [5.74, 6) is 6.44. The van der Waals surface area contributed by atoms with Gasteiger partial charge in [-0.25, -0.2) is 0 Å². The van der Waals surface area contributed by atoms with Crippen LogP contribution in [0.25, 0.3) is 11.0 Å². The van der Waals surface area contributed by atoms with Crippen molar-refractivity contribution in [2.24, 2.45) is 5.41 Å². The fourth-order valence-corrected chi connectivity index (χ4v) is 1.53. The minimum absolute atomic E-state index is 0.0661. The maximum Gasteiger partial charge on any atom is 0.0889 e. The largest absolute Gasteiger partial charge is 0.253 e. The van der Waals surface area contributed by atoms with Gasteiger partial charge in [0.2, 0.25) is 0 Å². The van der Waals surface area contributed by atoms with Gasteiger partial charge in [0.05, 0.1) is 11.0 Å². The fraction of sp³-hybridized carbons (Fsp3) is 0.333. The van der Waals surface area contributed by atoms with Crippen molar-refractivity contribution in [2.75, 3.05) is 0 Å². The molecule has 1 aromatic heterocycles. The molecule has 0 fully saturated rings. The standard InChI is InChI=1S/C15H16N2/c1-15(2,3)8-4-5-12-6-7-13-14(11-12)17-10-9-16-13/h6-7,9-11H,5H2,1-3H3. The molecule has 0 spiro atoms.